The summed E-state index contributed by atoms with van der Waals surface area (Å²) < 4.78 is 0. The van der Waals surface area contributed by atoms with E-state index in [9.17, 15) is 9.59 Å². The number of carbonyl (C=O) groups excluding carboxylic acids is 1. The molecule has 0 bridgehead atoms. The number of benzene rings is 2. The molecule has 7 heteroatoms. The molecule has 1 amide bonds. The van der Waals surface area contributed by atoms with E-state index >= 15 is 0 Å². The van der Waals surface area contributed by atoms with Crippen LogP contribution in [0.1, 0.15) is 11.1 Å². The predicted molar refractivity (Wildman–Crippen MR) is 104 cm³/mol. The number of hydrogen-bond donors (Lipinski definition) is 2. The normalized spacial score (nSPS) is 10.6. The van der Waals surface area contributed by atoms with Crippen LogP contribution < -0.4 is 10.9 Å². The Morgan fingerprint density at radius 2 is 1.81 bits per heavy atom. The summed E-state index contributed by atoms with van der Waals surface area (Å²) >= 11 is 11.8. The number of hydrogen-bond acceptors (Lipinski definition) is 3. The topological polar surface area (TPSA) is 74.8 Å². The fourth-order valence-corrected chi connectivity index (χ4v) is 2.79. The van der Waals surface area contributed by atoms with Gasteiger partial charge in [-0.2, -0.15) is 0 Å². The Morgan fingerprint density at radius 1 is 1.12 bits per heavy atom. The number of aryl methyl sites for hydroxylation is 1. The molecule has 3 rings (SSSR count). The van der Waals surface area contributed by atoms with Crippen molar-refractivity contribution in [2.75, 3.05) is 5.32 Å². The van der Waals surface area contributed by atoms with Gasteiger partial charge in [-0.3, -0.25) is 9.59 Å². The minimum atomic E-state index is -0.354. The van der Waals surface area contributed by atoms with Crippen molar-refractivity contribution in [3.8, 4) is 11.4 Å². The first kappa shape index (κ1) is 18.2. The van der Waals surface area contributed by atoms with Crippen LogP contribution in [0.15, 0.2) is 53.5 Å². The molecule has 0 aliphatic carbocycles. The first-order valence-electron chi connectivity index (χ1n) is 7.82. The summed E-state index contributed by atoms with van der Waals surface area (Å²) in [4.78, 5) is 31.4. The zero-order valence-corrected chi connectivity index (χ0v) is 15.4. The molecule has 0 spiro atoms. The summed E-state index contributed by atoms with van der Waals surface area (Å²) in [6, 6.07) is 12.1. The number of anilines is 1. The molecule has 26 heavy (non-hydrogen) atoms. The minimum Gasteiger partial charge on any atom is -0.326 e. The third-order valence-corrected chi connectivity index (χ3v) is 4.29. The largest absolute Gasteiger partial charge is 0.326 e. The minimum absolute atomic E-state index is 0.0781. The molecule has 0 aliphatic heterocycles. The van der Waals surface area contributed by atoms with E-state index in [1.54, 1.807) is 42.5 Å². The number of aromatic nitrogens is 2. The van der Waals surface area contributed by atoms with E-state index in [-0.39, 0.29) is 23.5 Å². The monoisotopic (exact) mass is 387 g/mol. The smallest absolute Gasteiger partial charge is 0.254 e. The number of nitrogens with zero attached hydrogens (tertiary/aromatic N) is 1. The van der Waals surface area contributed by atoms with Crippen LogP contribution in [-0.2, 0) is 11.2 Å². The summed E-state index contributed by atoms with van der Waals surface area (Å²) in [5.74, 6) is 0.117. The average molecular weight is 388 g/mol. The van der Waals surface area contributed by atoms with E-state index in [0.717, 1.165) is 11.1 Å². The summed E-state index contributed by atoms with van der Waals surface area (Å²) in [5.41, 5.74) is 2.16. The predicted octanol–water partition coefficient (Wildman–Crippen LogP) is 4.23. The highest BCUT2D eigenvalue weighted by molar-refractivity contribution is 6.31. The highest BCUT2D eigenvalue weighted by Crippen LogP contribution is 2.20. The number of H-pyrrole nitrogens is 1. The Bertz CT molecular complexity index is 1010. The highest BCUT2D eigenvalue weighted by atomic mass is 35.5. The lowest BCUT2D eigenvalue weighted by Crippen LogP contribution is -2.22. The van der Waals surface area contributed by atoms with Gasteiger partial charge in [-0.15, -0.1) is 0 Å². The molecule has 0 atom stereocenters. The Balaban J connectivity index is 1.74. The van der Waals surface area contributed by atoms with E-state index in [4.69, 9.17) is 23.2 Å². The number of carbonyl (C=O) groups is 1. The van der Waals surface area contributed by atoms with Crippen LogP contribution in [0.3, 0.4) is 0 Å². The van der Waals surface area contributed by atoms with Gasteiger partial charge in [-0.1, -0.05) is 23.2 Å². The molecule has 132 valence electrons. The van der Waals surface area contributed by atoms with E-state index in [1.165, 1.54) is 6.20 Å². The maximum absolute atomic E-state index is 12.3. The van der Waals surface area contributed by atoms with Gasteiger partial charge >= 0.3 is 0 Å². The number of rotatable bonds is 4. The fraction of sp³-hybridized carbons (Fsp3) is 0.105. The fourth-order valence-electron chi connectivity index (χ4n) is 2.44. The van der Waals surface area contributed by atoms with Crippen LogP contribution in [0.25, 0.3) is 11.4 Å². The molecule has 0 radical (unpaired) electrons. The van der Waals surface area contributed by atoms with Crippen LogP contribution in [0.2, 0.25) is 10.0 Å². The van der Waals surface area contributed by atoms with Gasteiger partial charge < -0.3 is 10.3 Å². The van der Waals surface area contributed by atoms with Crippen molar-refractivity contribution in [1.29, 1.82) is 0 Å². The zero-order chi connectivity index (χ0) is 18.7. The van der Waals surface area contributed by atoms with E-state index in [1.807, 2.05) is 6.92 Å². The zero-order valence-electron chi connectivity index (χ0n) is 13.8. The van der Waals surface area contributed by atoms with Crippen molar-refractivity contribution in [3.63, 3.8) is 0 Å². The molecular formula is C19H15Cl2N3O2. The first-order chi connectivity index (χ1) is 12.4. The van der Waals surface area contributed by atoms with E-state index in [0.29, 0.717) is 21.6 Å². The first-order valence-corrected chi connectivity index (χ1v) is 8.58. The van der Waals surface area contributed by atoms with Gasteiger partial charge in [0.2, 0.25) is 5.91 Å². The van der Waals surface area contributed by atoms with Gasteiger partial charge in [-0.05, 0) is 55.0 Å². The van der Waals surface area contributed by atoms with Gasteiger partial charge in [0.05, 0.1) is 6.42 Å². The van der Waals surface area contributed by atoms with Gasteiger partial charge in [-0.25, -0.2) is 4.98 Å². The van der Waals surface area contributed by atoms with Crippen molar-refractivity contribution in [1.82, 2.24) is 9.97 Å². The second-order valence-corrected chi connectivity index (χ2v) is 6.65. The van der Waals surface area contributed by atoms with Crippen LogP contribution in [0, 0.1) is 6.92 Å². The van der Waals surface area contributed by atoms with Crippen LogP contribution in [0.4, 0.5) is 5.69 Å². The molecule has 1 aromatic heterocycles. The number of halogens is 2. The van der Waals surface area contributed by atoms with Crippen LogP contribution in [0.5, 0.6) is 0 Å². The summed E-state index contributed by atoms with van der Waals surface area (Å²) in [6.07, 6.45) is 1.34. The maximum atomic E-state index is 12.3. The summed E-state index contributed by atoms with van der Waals surface area (Å²) in [6.45, 7) is 1.84. The van der Waals surface area contributed by atoms with E-state index in [2.05, 4.69) is 15.3 Å². The van der Waals surface area contributed by atoms with Crippen LogP contribution in [-0.4, -0.2) is 15.9 Å². The summed E-state index contributed by atoms with van der Waals surface area (Å²) in [5, 5.41) is 3.97. The standard InChI is InChI=1S/C19H15Cl2N3O2/c1-11-8-15(21)6-7-16(11)23-17(25)9-13-10-22-18(24-19(13)26)12-2-4-14(20)5-3-12/h2-8,10H,9H2,1H3,(H,23,25)(H,22,24,26). The molecule has 3 aromatic rings. The molecule has 1 heterocycles. The van der Waals surface area contributed by atoms with E-state index < -0.39 is 0 Å². The number of aromatic amines is 1. The molecule has 0 saturated heterocycles. The number of amides is 1. The van der Waals surface area contributed by atoms with Crippen molar-refractivity contribution in [2.24, 2.45) is 0 Å². The third kappa shape index (κ3) is 4.31. The molecule has 2 N–H and O–H groups in total. The third-order valence-electron chi connectivity index (χ3n) is 3.80. The molecule has 0 aliphatic rings. The lowest BCUT2D eigenvalue weighted by molar-refractivity contribution is -0.115. The van der Waals surface area contributed by atoms with Crippen molar-refractivity contribution >= 4 is 34.8 Å². The molecule has 0 unspecified atom stereocenters. The van der Waals surface area contributed by atoms with Gasteiger partial charge in [0, 0.05) is 33.1 Å². The Kier molecular flexibility index (Phi) is 5.40. The molecule has 5 nitrogen and oxygen atoms in total. The molecular weight excluding hydrogens is 373 g/mol. The Labute approximate surface area is 160 Å². The van der Waals surface area contributed by atoms with Gasteiger partial charge in [0.25, 0.3) is 5.56 Å². The van der Waals surface area contributed by atoms with Crippen molar-refractivity contribution in [2.45, 2.75) is 13.3 Å². The van der Waals surface area contributed by atoms with Gasteiger partial charge in [0.1, 0.15) is 5.82 Å². The molecule has 0 saturated carbocycles. The molecule has 2 aromatic carbocycles. The number of nitrogens with one attached hydrogen (secondary N) is 2. The van der Waals surface area contributed by atoms with Crippen molar-refractivity contribution < 1.29 is 4.79 Å². The second kappa shape index (κ2) is 7.72. The van der Waals surface area contributed by atoms with Crippen molar-refractivity contribution in [3.05, 3.63) is 80.2 Å². The highest BCUT2D eigenvalue weighted by Gasteiger charge is 2.11. The maximum Gasteiger partial charge on any atom is 0.254 e. The molecule has 0 fully saturated rings. The lowest BCUT2D eigenvalue weighted by Gasteiger charge is -2.09. The second-order valence-electron chi connectivity index (χ2n) is 5.78. The summed E-state index contributed by atoms with van der Waals surface area (Å²) in [7, 11) is 0. The van der Waals surface area contributed by atoms with Gasteiger partial charge in [0.15, 0.2) is 0 Å². The lowest BCUT2D eigenvalue weighted by atomic mass is 10.1. The SMILES string of the molecule is Cc1cc(Cl)ccc1NC(=O)Cc1cnc(-c2ccc(Cl)cc2)[nH]c1=O. The Morgan fingerprint density at radius 3 is 2.46 bits per heavy atom. The quantitative estimate of drug-likeness (QED) is 0.702. The average Bonchev–Trinajstić information content (AvgIpc) is 2.60. The van der Waals surface area contributed by atoms with Crippen LogP contribution >= 0.6 is 23.2 Å². The Hall–Kier alpha value is -2.63.